The molecule has 1 saturated heterocycles. The average molecular weight is 351 g/mol. The maximum absolute atomic E-state index is 12.6. The molecule has 1 aromatic rings. The van der Waals surface area contributed by atoms with Crippen molar-refractivity contribution in [2.45, 2.75) is 6.54 Å². The number of ether oxygens (including phenoxy) is 2. The molecule has 1 amide bonds. The highest BCUT2D eigenvalue weighted by Gasteiger charge is 2.26. The summed E-state index contributed by atoms with van der Waals surface area (Å²) in [5.41, 5.74) is 1.39. The summed E-state index contributed by atoms with van der Waals surface area (Å²) in [5, 5.41) is 0. The van der Waals surface area contributed by atoms with Crippen molar-refractivity contribution in [3.05, 3.63) is 35.9 Å². The number of quaternary nitrogens is 2. The van der Waals surface area contributed by atoms with E-state index in [9.17, 15) is 4.79 Å². The molecule has 140 valence electrons. The van der Waals surface area contributed by atoms with Crippen LogP contribution >= 0.6 is 0 Å². The van der Waals surface area contributed by atoms with Crippen LogP contribution < -0.4 is 9.80 Å². The molecule has 6 heteroatoms. The monoisotopic (exact) mass is 351 g/mol. The van der Waals surface area contributed by atoms with Crippen LogP contribution in [0.25, 0.3) is 0 Å². The number of hydrogen-bond acceptors (Lipinski definition) is 3. The van der Waals surface area contributed by atoms with E-state index in [4.69, 9.17) is 9.47 Å². The van der Waals surface area contributed by atoms with Gasteiger partial charge in [-0.15, -0.1) is 0 Å². The van der Waals surface area contributed by atoms with E-state index in [0.29, 0.717) is 32.8 Å². The SMILES string of the molecule is COCCN(CCOC)C(=O)C[NH+]1CC[NH+](Cc2ccccc2)CC1. The molecule has 2 rings (SSSR count). The van der Waals surface area contributed by atoms with E-state index < -0.39 is 0 Å². The van der Waals surface area contributed by atoms with Gasteiger partial charge in [-0.1, -0.05) is 30.3 Å². The molecular weight excluding hydrogens is 318 g/mol. The fourth-order valence-corrected chi connectivity index (χ4v) is 3.29. The van der Waals surface area contributed by atoms with E-state index in [0.717, 1.165) is 32.7 Å². The first-order valence-electron chi connectivity index (χ1n) is 9.19. The van der Waals surface area contributed by atoms with Crippen LogP contribution in [0, 0.1) is 0 Å². The first-order chi connectivity index (χ1) is 12.2. The van der Waals surface area contributed by atoms with Crippen molar-refractivity contribution in [1.82, 2.24) is 4.90 Å². The van der Waals surface area contributed by atoms with E-state index in [2.05, 4.69) is 30.3 Å². The Morgan fingerprint density at radius 1 is 0.960 bits per heavy atom. The summed E-state index contributed by atoms with van der Waals surface area (Å²) in [6, 6.07) is 10.6. The molecule has 0 aromatic heterocycles. The van der Waals surface area contributed by atoms with Gasteiger partial charge in [-0.2, -0.15) is 0 Å². The van der Waals surface area contributed by atoms with Gasteiger partial charge >= 0.3 is 0 Å². The number of benzene rings is 1. The summed E-state index contributed by atoms with van der Waals surface area (Å²) in [4.78, 5) is 17.4. The molecule has 2 N–H and O–H groups in total. The van der Waals surface area contributed by atoms with Crippen LogP contribution in [-0.2, 0) is 20.8 Å². The van der Waals surface area contributed by atoms with Gasteiger partial charge in [0.25, 0.3) is 5.91 Å². The first-order valence-corrected chi connectivity index (χ1v) is 9.19. The van der Waals surface area contributed by atoms with Crippen LogP contribution in [-0.4, -0.2) is 84.1 Å². The molecule has 1 aromatic carbocycles. The zero-order valence-electron chi connectivity index (χ0n) is 15.6. The predicted molar refractivity (Wildman–Crippen MR) is 96.7 cm³/mol. The van der Waals surface area contributed by atoms with Gasteiger partial charge in [0.05, 0.1) is 13.2 Å². The van der Waals surface area contributed by atoms with Gasteiger partial charge in [0.1, 0.15) is 32.7 Å². The lowest BCUT2D eigenvalue weighted by molar-refractivity contribution is -1.02. The van der Waals surface area contributed by atoms with E-state index in [1.54, 1.807) is 19.1 Å². The number of carbonyl (C=O) groups is 1. The highest BCUT2D eigenvalue weighted by Crippen LogP contribution is 1.95. The number of carbonyl (C=O) groups excluding carboxylic acids is 1. The van der Waals surface area contributed by atoms with Crippen molar-refractivity contribution in [2.24, 2.45) is 0 Å². The lowest BCUT2D eigenvalue weighted by atomic mass is 10.2. The Kier molecular flexibility index (Phi) is 8.90. The second-order valence-electron chi connectivity index (χ2n) is 6.71. The first kappa shape index (κ1) is 19.8. The molecule has 0 unspecified atom stereocenters. The fourth-order valence-electron chi connectivity index (χ4n) is 3.29. The Bertz CT molecular complexity index is 482. The normalized spacial score (nSPS) is 20.4. The molecule has 1 aliphatic heterocycles. The number of methoxy groups -OCH3 is 2. The lowest BCUT2D eigenvalue weighted by Crippen LogP contribution is -3.28. The van der Waals surface area contributed by atoms with Crippen molar-refractivity contribution in [1.29, 1.82) is 0 Å². The minimum atomic E-state index is 0.204. The molecule has 1 heterocycles. The summed E-state index contributed by atoms with van der Waals surface area (Å²) in [6.45, 7) is 8.41. The van der Waals surface area contributed by atoms with Gasteiger partial charge in [-0.25, -0.2) is 0 Å². The van der Waals surface area contributed by atoms with Crippen molar-refractivity contribution in [3.8, 4) is 0 Å². The van der Waals surface area contributed by atoms with Gasteiger partial charge in [0.2, 0.25) is 0 Å². The van der Waals surface area contributed by atoms with Gasteiger partial charge < -0.3 is 24.2 Å². The van der Waals surface area contributed by atoms with Gasteiger partial charge in [0.15, 0.2) is 6.54 Å². The fraction of sp³-hybridized carbons (Fsp3) is 0.632. The lowest BCUT2D eigenvalue weighted by Gasteiger charge is -2.31. The Morgan fingerprint density at radius 2 is 1.52 bits per heavy atom. The number of nitrogens with one attached hydrogen (secondary N) is 2. The van der Waals surface area contributed by atoms with E-state index in [-0.39, 0.29) is 5.91 Å². The van der Waals surface area contributed by atoms with Crippen molar-refractivity contribution < 1.29 is 24.1 Å². The number of hydrogen-bond donors (Lipinski definition) is 2. The van der Waals surface area contributed by atoms with E-state index >= 15 is 0 Å². The molecule has 6 nitrogen and oxygen atoms in total. The Hall–Kier alpha value is -1.47. The third-order valence-electron chi connectivity index (χ3n) is 4.85. The zero-order valence-corrected chi connectivity index (χ0v) is 15.6. The molecule has 0 atom stereocenters. The summed E-state index contributed by atoms with van der Waals surface area (Å²) in [6.07, 6.45) is 0. The summed E-state index contributed by atoms with van der Waals surface area (Å²) < 4.78 is 10.2. The maximum Gasteiger partial charge on any atom is 0.277 e. The minimum Gasteiger partial charge on any atom is -0.383 e. The topological polar surface area (TPSA) is 47.6 Å². The van der Waals surface area contributed by atoms with Crippen LogP contribution in [0.1, 0.15) is 5.56 Å². The third kappa shape index (κ3) is 7.12. The molecular formula is C19H33N3O3+2. The molecule has 25 heavy (non-hydrogen) atoms. The smallest absolute Gasteiger partial charge is 0.277 e. The predicted octanol–water partition coefficient (Wildman–Crippen LogP) is -1.91. The second kappa shape index (κ2) is 11.2. The van der Waals surface area contributed by atoms with Crippen LogP contribution in [0.15, 0.2) is 30.3 Å². The van der Waals surface area contributed by atoms with Crippen molar-refractivity contribution >= 4 is 5.91 Å². The van der Waals surface area contributed by atoms with E-state index in [1.807, 2.05) is 4.90 Å². The number of rotatable bonds is 10. The Balaban J connectivity index is 1.74. The maximum atomic E-state index is 12.6. The standard InChI is InChI=1S/C19H31N3O3/c1-24-14-12-22(13-15-25-2)19(23)17-21-10-8-20(9-11-21)16-18-6-4-3-5-7-18/h3-7H,8-17H2,1-2H3/p+2. The van der Waals surface area contributed by atoms with Gasteiger partial charge in [-0.3, -0.25) is 4.79 Å². The second-order valence-corrected chi connectivity index (χ2v) is 6.71. The summed E-state index contributed by atoms with van der Waals surface area (Å²) >= 11 is 0. The van der Waals surface area contributed by atoms with Crippen LogP contribution in [0.2, 0.25) is 0 Å². The van der Waals surface area contributed by atoms with Crippen molar-refractivity contribution in [3.63, 3.8) is 0 Å². The zero-order chi connectivity index (χ0) is 17.9. The van der Waals surface area contributed by atoms with Crippen LogP contribution in [0.4, 0.5) is 0 Å². The molecule has 1 aliphatic rings. The minimum absolute atomic E-state index is 0.204. The Labute approximate surface area is 151 Å². The molecule has 0 aliphatic carbocycles. The van der Waals surface area contributed by atoms with Gasteiger partial charge in [0, 0.05) is 32.9 Å². The number of amides is 1. The number of nitrogens with zero attached hydrogens (tertiary/aromatic N) is 1. The van der Waals surface area contributed by atoms with Crippen molar-refractivity contribution in [2.75, 3.05) is 73.2 Å². The largest absolute Gasteiger partial charge is 0.383 e. The quantitative estimate of drug-likeness (QED) is 0.517. The van der Waals surface area contributed by atoms with Crippen LogP contribution in [0.3, 0.4) is 0 Å². The van der Waals surface area contributed by atoms with Crippen LogP contribution in [0.5, 0.6) is 0 Å². The molecule has 0 bridgehead atoms. The number of piperazine rings is 1. The highest BCUT2D eigenvalue weighted by atomic mass is 16.5. The summed E-state index contributed by atoms with van der Waals surface area (Å²) in [5.74, 6) is 0.204. The summed E-state index contributed by atoms with van der Waals surface area (Å²) in [7, 11) is 3.33. The van der Waals surface area contributed by atoms with Gasteiger partial charge in [-0.05, 0) is 0 Å². The third-order valence-corrected chi connectivity index (χ3v) is 4.85. The average Bonchev–Trinajstić information content (AvgIpc) is 2.64. The molecule has 0 saturated carbocycles. The van der Waals surface area contributed by atoms with E-state index in [1.165, 1.54) is 10.5 Å². The highest BCUT2D eigenvalue weighted by molar-refractivity contribution is 5.77. The molecule has 0 radical (unpaired) electrons. The molecule has 0 spiro atoms. The Morgan fingerprint density at radius 3 is 2.08 bits per heavy atom. The molecule has 1 fully saturated rings.